The summed E-state index contributed by atoms with van der Waals surface area (Å²) in [6, 6.07) is 17.4. The van der Waals surface area contributed by atoms with Crippen LogP contribution in [-0.2, 0) is 19.6 Å². The summed E-state index contributed by atoms with van der Waals surface area (Å²) in [6.45, 7) is 5.53. The number of para-hydroxylation sites is 2. The quantitative estimate of drug-likeness (QED) is 0.759. The third-order valence-electron chi connectivity index (χ3n) is 5.52. The first-order valence-corrected chi connectivity index (χ1v) is 9.65. The molecule has 3 aromatic rings. The van der Waals surface area contributed by atoms with E-state index < -0.39 is 0 Å². The summed E-state index contributed by atoms with van der Waals surface area (Å²) in [5.41, 5.74) is 4.70. The highest BCUT2D eigenvalue weighted by Gasteiger charge is 2.24. The third kappa shape index (κ3) is 3.39. The molecule has 2 heterocycles. The number of aryl methyl sites for hydroxylation is 1. The molecule has 136 valence electrons. The predicted molar refractivity (Wildman–Crippen MR) is 105 cm³/mol. The van der Waals surface area contributed by atoms with Crippen LogP contribution in [-0.4, -0.2) is 32.6 Å². The molecule has 0 amide bonds. The lowest BCUT2D eigenvalue weighted by molar-refractivity contribution is 0.180. The Labute approximate surface area is 155 Å². The summed E-state index contributed by atoms with van der Waals surface area (Å²) in [7, 11) is 0. The van der Waals surface area contributed by atoms with Gasteiger partial charge in [0, 0.05) is 32.1 Å². The van der Waals surface area contributed by atoms with Crippen molar-refractivity contribution in [3.8, 4) is 0 Å². The lowest BCUT2D eigenvalue weighted by atomic mass is 10.0. The van der Waals surface area contributed by atoms with Crippen molar-refractivity contribution in [1.29, 1.82) is 0 Å². The van der Waals surface area contributed by atoms with E-state index in [1.54, 1.807) is 0 Å². The highest BCUT2D eigenvalue weighted by Crippen LogP contribution is 2.29. The molecule has 2 aromatic carbocycles. The number of aliphatic hydroxyl groups is 1. The van der Waals surface area contributed by atoms with Gasteiger partial charge < -0.3 is 9.67 Å². The smallest absolute Gasteiger partial charge is 0.109 e. The van der Waals surface area contributed by atoms with E-state index in [1.807, 2.05) is 12.1 Å². The number of hydrogen-bond acceptors (Lipinski definition) is 3. The van der Waals surface area contributed by atoms with Crippen molar-refractivity contribution in [1.82, 2.24) is 14.5 Å². The number of rotatable bonds is 5. The molecule has 4 heteroatoms. The van der Waals surface area contributed by atoms with Gasteiger partial charge in [0.1, 0.15) is 5.82 Å². The van der Waals surface area contributed by atoms with Crippen LogP contribution in [0.3, 0.4) is 0 Å². The standard InChI is InChI=1S/C22H27N3O/c1-2-22-23-20-5-3-4-6-21(20)25(22)19-11-13-24(14-12-19)15-17-7-9-18(16-26)10-8-17/h3-10,19,26H,2,11-16H2,1H3. The van der Waals surface area contributed by atoms with Crippen LogP contribution in [0.4, 0.5) is 0 Å². The number of aliphatic hydroxyl groups excluding tert-OH is 1. The second-order valence-corrected chi connectivity index (χ2v) is 7.22. The van der Waals surface area contributed by atoms with Gasteiger partial charge in [-0.1, -0.05) is 43.3 Å². The Morgan fingerprint density at radius 2 is 1.69 bits per heavy atom. The summed E-state index contributed by atoms with van der Waals surface area (Å²) in [6.07, 6.45) is 3.32. The predicted octanol–water partition coefficient (Wildman–Crippen LogP) is 3.93. The summed E-state index contributed by atoms with van der Waals surface area (Å²) >= 11 is 0. The van der Waals surface area contributed by atoms with E-state index in [9.17, 15) is 0 Å². The maximum Gasteiger partial charge on any atom is 0.109 e. The Hall–Kier alpha value is -2.17. The highest BCUT2D eigenvalue weighted by molar-refractivity contribution is 5.76. The van der Waals surface area contributed by atoms with Crippen molar-refractivity contribution in [2.24, 2.45) is 0 Å². The maximum atomic E-state index is 9.17. The summed E-state index contributed by atoms with van der Waals surface area (Å²) in [5, 5.41) is 9.17. The van der Waals surface area contributed by atoms with Crippen LogP contribution in [0.25, 0.3) is 11.0 Å². The topological polar surface area (TPSA) is 41.3 Å². The van der Waals surface area contributed by atoms with E-state index in [2.05, 4.69) is 52.8 Å². The van der Waals surface area contributed by atoms with E-state index in [0.29, 0.717) is 6.04 Å². The number of likely N-dealkylation sites (tertiary alicyclic amines) is 1. The monoisotopic (exact) mass is 349 g/mol. The van der Waals surface area contributed by atoms with Gasteiger partial charge in [-0.15, -0.1) is 0 Å². The molecule has 1 fully saturated rings. The number of benzene rings is 2. The molecule has 1 aliphatic rings. The molecular formula is C22H27N3O. The second kappa shape index (κ2) is 7.60. The van der Waals surface area contributed by atoms with Gasteiger partial charge in [0.15, 0.2) is 0 Å². The lowest BCUT2D eigenvalue weighted by Crippen LogP contribution is -2.34. The fourth-order valence-electron chi connectivity index (χ4n) is 4.10. The van der Waals surface area contributed by atoms with Crippen molar-refractivity contribution in [2.75, 3.05) is 13.1 Å². The summed E-state index contributed by atoms with van der Waals surface area (Å²) in [4.78, 5) is 7.38. The van der Waals surface area contributed by atoms with Crippen LogP contribution in [0.5, 0.6) is 0 Å². The van der Waals surface area contributed by atoms with Gasteiger partial charge in [0.2, 0.25) is 0 Å². The van der Waals surface area contributed by atoms with Gasteiger partial charge in [0.05, 0.1) is 17.6 Å². The summed E-state index contributed by atoms with van der Waals surface area (Å²) in [5.74, 6) is 1.21. The SMILES string of the molecule is CCc1nc2ccccc2n1C1CCN(Cc2ccc(CO)cc2)CC1. The Morgan fingerprint density at radius 1 is 1.00 bits per heavy atom. The van der Waals surface area contributed by atoms with Crippen molar-refractivity contribution >= 4 is 11.0 Å². The molecule has 0 saturated carbocycles. The lowest BCUT2D eigenvalue weighted by Gasteiger charge is -2.33. The molecule has 0 unspecified atom stereocenters. The van der Waals surface area contributed by atoms with E-state index in [0.717, 1.165) is 37.1 Å². The Morgan fingerprint density at radius 3 is 2.38 bits per heavy atom. The molecule has 0 atom stereocenters. The van der Waals surface area contributed by atoms with Crippen LogP contribution in [0.15, 0.2) is 48.5 Å². The first-order chi connectivity index (χ1) is 12.8. The molecule has 1 saturated heterocycles. The fourth-order valence-corrected chi connectivity index (χ4v) is 4.10. The van der Waals surface area contributed by atoms with Gasteiger partial charge >= 0.3 is 0 Å². The molecule has 4 nitrogen and oxygen atoms in total. The molecule has 0 radical (unpaired) electrons. The van der Waals surface area contributed by atoms with Crippen LogP contribution in [0, 0.1) is 0 Å². The Balaban J connectivity index is 1.45. The largest absolute Gasteiger partial charge is 0.392 e. The number of hydrogen-bond donors (Lipinski definition) is 1. The van der Waals surface area contributed by atoms with E-state index in [-0.39, 0.29) is 6.61 Å². The minimum absolute atomic E-state index is 0.115. The molecule has 1 aromatic heterocycles. The van der Waals surface area contributed by atoms with Crippen molar-refractivity contribution in [2.45, 2.75) is 45.4 Å². The molecule has 0 bridgehead atoms. The number of imidazole rings is 1. The van der Waals surface area contributed by atoms with Gasteiger partial charge in [-0.05, 0) is 36.1 Å². The van der Waals surface area contributed by atoms with Crippen molar-refractivity contribution in [3.05, 3.63) is 65.5 Å². The van der Waals surface area contributed by atoms with Crippen LogP contribution in [0.2, 0.25) is 0 Å². The van der Waals surface area contributed by atoms with Gasteiger partial charge in [-0.2, -0.15) is 0 Å². The molecule has 0 spiro atoms. The first-order valence-electron chi connectivity index (χ1n) is 9.65. The fraction of sp³-hybridized carbons (Fsp3) is 0.409. The third-order valence-corrected chi connectivity index (χ3v) is 5.52. The molecule has 0 aliphatic carbocycles. The minimum atomic E-state index is 0.115. The Bertz CT molecular complexity index is 861. The van der Waals surface area contributed by atoms with Gasteiger partial charge in [-0.25, -0.2) is 4.98 Å². The average Bonchev–Trinajstić information content (AvgIpc) is 3.08. The van der Waals surface area contributed by atoms with Crippen LogP contribution < -0.4 is 0 Å². The van der Waals surface area contributed by atoms with Gasteiger partial charge in [-0.3, -0.25) is 4.90 Å². The zero-order valence-electron chi connectivity index (χ0n) is 15.4. The highest BCUT2D eigenvalue weighted by atomic mass is 16.3. The number of piperidine rings is 1. The summed E-state index contributed by atoms with van der Waals surface area (Å²) < 4.78 is 2.49. The van der Waals surface area contributed by atoms with Crippen molar-refractivity contribution < 1.29 is 5.11 Å². The van der Waals surface area contributed by atoms with Crippen LogP contribution >= 0.6 is 0 Å². The van der Waals surface area contributed by atoms with E-state index >= 15 is 0 Å². The normalized spacial score (nSPS) is 16.4. The van der Waals surface area contributed by atoms with Crippen molar-refractivity contribution in [3.63, 3.8) is 0 Å². The zero-order chi connectivity index (χ0) is 17.9. The van der Waals surface area contributed by atoms with Gasteiger partial charge in [0.25, 0.3) is 0 Å². The van der Waals surface area contributed by atoms with E-state index in [4.69, 9.17) is 10.1 Å². The number of aromatic nitrogens is 2. The molecule has 1 aliphatic heterocycles. The second-order valence-electron chi connectivity index (χ2n) is 7.22. The number of fused-ring (bicyclic) bond motifs is 1. The molecular weight excluding hydrogens is 322 g/mol. The molecule has 26 heavy (non-hydrogen) atoms. The zero-order valence-corrected chi connectivity index (χ0v) is 15.4. The van der Waals surface area contributed by atoms with E-state index in [1.165, 1.54) is 29.7 Å². The number of nitrogens with zero attached hydrogens (tertiary/aromatic N) is 3. The molecule has 1 N–H and O–H groups in total. The average molecular weight is 349 g/mol. The van der Waals surface area contributed by atoms with Crippen LogP contribution in [0.1, 0.15) is 42.8 Å². The minimum Gasteiger partial charge on any atom is -0.392 e. The first kappa shape index (κ1) is 17.3. The maximum absolute atomic E-state index is 9.17. The Kier molecular flexibility index (Phi) is 5.05. The molecule has 4 rings (SSSR count).